The molecule has 0 atom stereocenters. The Hall–Kier alpha value is -1.47. The molecule has 5 nitrogen and oxygen atoms in total. The van der Waals surface area contributed by atoms with E-state index in [9.17, 15) is 17.6 Å². The Morgan fingerprint density at radius 3 is 2.53 bits per heavy atom. The van der Waals surface area contributed by atoms with E-state index in [1.165, 1.54) is 4.90 Å². The molecule has 0 radical (unpaired) electrons. The first kappa shape index (κ1) is 14.0. The summed E-state index contributed by atoms with van der Waals surface area (Å²) in [5.41, 5.74) is -0.263. The van der Waals surface area contributed by atoms with E-state index in [0.717, 1.165) is 37.5 Å². The monoisotopic (exact) mass is 286 g/mol. The van der Waals surface area contributed by atoms with Gasteiger partial charge in [0.25, 0.3) is 5.91 Å². The molecular weight excluding hydrogens is 271 g/mol. The van der Waals surface area contributed by atoms with Crippen molar-refractivity contribution in [2.24, 2.45) is 5.14 Å². The van der Waals surface area contributed by atoms with Gasteiger partial charge in [0.15, 0.2) is 0 Å². The number of amides is 1. The minimum Gasteiger partial charge on any atom is -0.339 e. The van der Waals surface area contributed by atoms with Crippen molar-refractivity contribution < 1.29 is 17.6 Å². The first-order chi connectivity index (χ1) is 8.80. The number of primary sulfonamides is 1. The second kappa shape index (κ2) is 4.90. The average molecular weight is 286 g/mol. The summed E-state index contributed by atoms with van der Waals surface area (Å²) in [6.07, 6.45) is 2.82. The van der Waals surface area contributed by atoms with Crippen LogP contribution in [0.2, 0.25) is 0 Å². The Morgan fingerprint density at radius 2 is 2.05 bits per heavy atom. The molecule has 0 bridgehead atoms. The third-order valence-corrected chi connectivity index (χ3v) is 4.35. The summed E-state index contributed by atoms with van der Waals surface area (Å²) < 4.78 is 36.1. The predicted octanol–water partition coefficient (Wildman–Crippen LogP) is 1.10. The van der Waals surface area contributed by atoms with Gasteiger partial charge in [-0.2, -0.15) is 0 Å². The van der Waals surface area contributed by atoms with Gasteiger partial charge in [-0.25, -0.2) is 17.9 Å². The number of hydrogen-bond donors (Lipinski definition) is 1. The molecule has 0 aliphatic heterocycles. The maximum absolute atomic E-state index is 13.7. The number of carbonyl (C=O) groups is 1. The maximum Gasteiger partial charge on any atom is 0.256 e. The van der Waals surface area contributed by atoms with Crippen LogP contribution in [0.25, 0.3) is 0 Å². The molecule has 104 valence electrons. The average Bonchev–Trinajstić information content (AvgIpc) is 2.24. The number of benzene rings is 1. The zero-order valence-corrected chi connectivity index (χ0v) is 11.3. The third kappa shape index (κ3) is 2.76. The largest absolute Gasteiger partial charge is 0.339 e. The SMILES string of the molecule is CN(C(=O)c1cc(S(N)(=O)=O)ccc1F)C1CCC1. The van der Waals surface area contributed by atoms with Gasteiger partial charge in [-0.15, -0.1) is 0 Å². The first-order valence-corrected chi connectivity index (χ1v) is 7.45. The lowest BCUT2D eigenvalue weighted by molar-refractivity contribution is 0.0647. The van der Waals surface area contributed by atoms with Crippen LogP contribution >= 0.6 is 0 Å². The second-order valence-electron chi connectivity index (χ2n) is 4.69. The van der Waals surface area contributed by atoms with Crippen molar-refractivity contribution in [3.8, 4) is 0 Å². The fourth-order valence-electron chi connectivity index (χ4n) is 1.98. The van der Waals surface area contributed by atoms with Gasteiger partial charge in [0, 0.05) is 13.1 Å². The van der Waals surface area contributed by atoms with E-state index in [1.807, 2.05) is 0 Å². The highest BCUT2D eigenvalue weighted by Gasteiger charge is 2.28. The molecule has 1 saturated carbocycles. The zero-order chi connectivity index (χ0) is 14.2. The smallest absolute Gasteiger partial charge is 0.256 e. The Morgan fingerprint density at radius 1 is 1.42 bits per heavy atom. The summed E-state index contributed by atoms with van der Waals surface area (Å²) in [6, 6.07) is 3.08. The van der Waals surface area contributed by atoms with Crippen LogP contribution in [0, 0.1) is 5.82 Å². The highest BCUT2D eigenvalue weighted by atomic mass is 32.2. The summed E-state index contributed by atoms with van der Waals surface area (Å²) >= 11 is 0. The van der Waals surface area contributed by atoms with Crippen LogP contribution in [0.1, 0.15) is 29.6 Å². The Labute approximate surface area is 111 Å². The van der Waals surface area contributed by atoms with Crippen LogP contribution in [0.3, 0.4) is 0 Å². The van der Waals surface area contributed by atoms with Crippen molar-refractivity contribution in [3.63, 3.8) is 0 Å². The molecule has 0 aromatic heterocycles. The Balaban J connectivity index is 2.35. The van der Waals surface area contributed by atoms with Crippen molar-refractivity contribution in [1.29, 1.82) is 0 Å². The van der Waals surface area contributed by atoms with E-state index in [-0.39, 0.29) is 16.5 Å². The van der Waals surface area contributed by atoms with Crippen molar-refractivity contribution in [2.75, 3.05) is 7.05 Å². The van der Waals surface area contributed by atoms with Crippen LogP contribution in [-0.4, -0.2) is 32.3 Å². The minimum atomic E-state index is -3.95. The van der Waals surface area contributed by atoms with Gasteiger partial charge in [0.2, 0.25) is 10.0 Å². The molecule has 19 heavy (non-hydrogen) atoms. The molecule has 1 aliphatic rings. The van der Waals surface area contributed by atoms with Gasteiger partial charge in [-0.3, -0.25) is 4.79 Å². The molecule has 1 aromatic carbocycles. The van der Waals surface area contributed by atoms with Crippen molar-refractivity contribution in [3.05, 3.63) is 29.6 Å². The minimum absolute atomic E-state index is 0.102. The number of hydrogen-bond acceptors (Lipinski definition) is 3. The number of nitrogens with zero attached hydrogens (tertiary/aromatic N) is 1. The molecule has 1 amide bonds. The van der Waals surface area contributed by atoms with E-state index in [4.69, 9.17) is 5.14 Å². The highest BCUT2D eigenvalue weighted by Crippen LogP contribution is 2.25. The van der Waals surface area contributed by atoms with Crippen LogP contribution in [0.5, 0.6) is 0 Å². The zero-order valence-electron chi connectivity index (χ0n) is 10.5. The molecule has 2 rings (SSSR count). The normalized spacial score (nSPS) is 15.9. The lowest BCUT2D eigenvalue weighted by atomic mass is 9.91. The highest BCUT2D eigenvalue weighted by molar-refractivity contribution is 7.89. The molecule has 0 saturated heterocycles. The van der Waals surface area contributed by atoms with Crippen LogP contribution in [-0.2, 0) is 10.0 Å². The molecule has 0 spiro atoms. The quantitative estimate of drug-likeness (QED) is 0.903. The standard InChI is InChI=1S/C12H15FN2O3S/c1-15(8-3-2-4-8)12(16)10-7-9(19(14,17)18)5-6-11(10)13/h5-8H,2-4H2,1H3,(H2,14,17,18). The number of halogens is 1. The van der Waals surface area contributed by atoms with Gasteiger partial charge in [0.1, 0.15) is 5.82 Å². The first-order valence-electron chi connectivity index (χ1n) is 5.90. The molecule has 7 heteroatoms. The number of nitrogens with two attached hydrogens (primary N) is 1. The number of sulfonamides is 1. The molecule has 1 aliphatic carbocycles. The Bertz CT molecular complexity index is 611. The van der Waals surface area contributed by atoms with Gasteiger partial charge in [0.05, 0.1) is 10.5 Å². The fraction of sp³-hybridized carbons (Fsp3) is 0.417. The number of rotatable bonds is 3. The lowest BCUT2D eigenvalue weighted by Gasteiger charge is -2.34. The Kier molecular flexibility index (Phi) is 3.60. The third-order valence-electron chi connectivity index (χ3n) is 3.44. The molecule has 0 unspecified atom stereocenters. The van der Waals surface area contributed by atoms with Crippen molar-refractivity contribution >= 4 is 15.9 Å². The van der Waals surface area contributed by atoms with E-state index in [2.05, 4.69) is 0 Å². The van der Waals surface area contributed by atoms with E-state index < -0.39 is 21.7 Å². The van der Waals surface area contributed by atoms with E-state index in [1.54, 1.807) is 7.05 Å². The molecule has 1 fully saturated rings. The van der Waals surface area contributed by atoms with Crippen LogP contribution in [0.4, 0.5) is 4.39 Å². The van der Waals surface area contributed by atoms with Crippen molar-refractivity contribution in [2.45, 2.75) is 30.2 Å². The summed E-state index contributed by atoms with van der Waals surface area (Å²) in [7, 11) is -2.36. The van der Waals surface area contributed by atoms with Crippen LogP contribution < -0.4 is 5.14 Å². The fourth-order valence-corrected chi connectivity index (χ4v) is 2.51. The summed E-state index contributed by atoms with van der Waals surface area (Å²) in [4.78, 5) is 13.3. The van der Waals surface area contributed by atoms with Gasteiger partial charge in [-0.1, -0.05) is 0 Å². The molecule has 1 aromatic rings. The van der Waals surface area contributed by atoms with Gasteiger partial charge < -0.3 is 4.90 Å². The molecule has 2 N–H and O–H groups in total. The summed E-state index contributed by atoms with van der Waals surface area (Å²) in [5, 5.41) is 4.97. The van der Waals surface area contributed by atoms with Gasteiger partial charge in [-0.05, 0) is 37.5 Å². The van der Waals surface area contributed by atoms with E-state index >= 15 is 0 Å². The topological polar surface area (TPSA) is 80.5 Å². The molecular formula is C12H15FN2O3S. The maximum atomic E-state index is 13.7. The van der Waals surface area contributed by atoms with Crippen molar-refractivity contribution in [1.82, 2.24) is 4.90 Å². The lowest BCUT2D eigenvalue weighted by Crippen LogP contribution is -2.41. The second-order valence-corrected chi connectivity index (χ2v) is 6.25. The molecule has 0 heterocycles. The predicted molar refractivity (Wildman–Crippen MR) is 67.5 cm³/mol. The van der Waals surface area contributed by atoms with E-state index in [0.29, 0.717) is 0 Å². The summed E-state index contributed by atoms with van der Waals surface area (Å²) in [6.45, 7) is 0. The van der Waals surface area contributed by atoms with Gasteiger partial charge >= 0.3 is 0 Å². The summed E-state index contributed by atoms with van der Waals surface area (Å²) in [5.74, 6) is -1.27. The number of carbonyl (C=O) groups excluding carboxylic acids is 1. The van der Waals surface area contributed by atoms with Crippen LogP contribution in [0.15, 0.2) is 23.1 Å².